The Labute approximate surface area is 235 Å². The van der Waals surface area contributed by atoms with Crippen LogP contribution >= 0.6 is 11.8 Å². The molecular weight excluding hydrogens is 526 g/mol. The molecule has 0 atom stereocenters. The number of furan rings is 1. The number of anilines is 1. The Morgan fingerprint density at radius 3 is 2.27 bits per heavy atom. The predicted octanol–water partition coefficient (Wildman–Crippen LogP) is 5.47. The summed E-state index contributed by atoms with van der Waals surface area (Å²) >= 11 is 1.55. The molecule has 4 amide bonds. The minimum absolute atomic E-state index is 0.0304. The van der Waals surface area contributed by atoms with E-state index in [0.29, 0.717) is 46.9 Å². The van der Waals surface area contributed by atoms with Crippen molar-refractivity contribution in [1.29, 1.82) is 0 Å². The number of carbonyl (C=O) groups is 4. The van der Waals surface area contributed by atoms with Gasteiger partial charge in [0.2, 0.25) is 0 Å². The lowest BCUT2D eigenvalue weighted by molar-refractivity contribution is -0.113. The van der Waals surface area contributed by atoms with Crippen molar-refractivity contribution in [3.05, 3.63) is 125 Å². The SMILES string of the molecule is O=C(Nc1cccc(SCCCN2C(=O)c3ccccc3C2=O)c1)/C(=C\c1ccco1)NC(=O)c1ccccc1. The fraction of sp³-hybridized carbons (Fsp3) is 0.0968. The van der Waals surface area contributed by atoms with Crippen molar-refractivity contribution >= 4 is 47.2 Å². The molecular formula is C31H25N3O5S. The summed E-state index contributed by atoms with van der Waals surface area (Å²) in [6.45, 7) is 0.331. The number of nitrogens with one attached hydrogen (secondary N) is 2. The second-order valence-electron chi connectivity index (χ2n) is 8.89. The zero-order valence-corrected chi connectivity index (χ0v) is 22.1. The summed E-state index contributed by atoms with van der Waals surface area (Å²) in [5.41, 5.74) is 1.89. The van der Waals surface area contributed by atoms with Crippen LogP contribution in [0.3, 0.4) is 0 Å². The Bertz CT molecular complexity index is 1550. The molecule has 1 aliphatic rings. The Balaban J connectivity index is 1.19. The second kappa shape index (κ2) is 12.3. The highest BCUT2D eigenvalue weighted by Crippen LogP contribution is 2.25. The van der Waals surface area contributed by atoms with Crippen LogP contribution in [-0.4, -0.2) is 40.8 Å². The Morgan fingerprint density at radius 2 is 1.57 bits per heavy atom. The second-order valence-corrected chi connectivity index (χ2v) is 10.1. The van der Waals surface area contributed by atoms with Crippen molar-refractivity contribution in [1.82, 2.24) is 10.2 Å². The van der Waals surface area contributed by atoms with Crippen LogP contribution < -0.4 is 10.6 Å². The molecule has 2 heterocycles. The van der Waals surface area contributed by atoms with Gasteiger partial charge < -0.3 is 15.1 Å². The standard InChI is InChI=1S/C31H25N3O5S/c35-28(21-9-2-1-3-10-21)33-27(20-23-12-7-17-39-23)29(36)32-22-11-6-13-24(19-22)40-18-8-16-34-30(37)25-14-4-5-15-26(25)31(34)38/h1-7,9-15,17,19-20H,8,16,18H2,(H,32,36)(H,33,35)/b27-20+. The fourth-order valence-corrected chi connectivity index (χ4v) is 5.07. The number of fused-ring (bicyclic) bond motifs is 1. The van der Waals surface area contributed by atoms with Crippen LogP contribution in [0.2, 0.25) is 0 Å². The molecule has 0 unspecified atom stereocenters. The summed E-state index contributed by atoms with van der Waals surface area (Å²) in [7, 11) is 0. The summed E-state index contributed by atoms with van der Waals surface area (Å²) in [5.74, 6) is -0.354. The molecule has 5 rings (SSSR count). The normalized spacial score (nSPS) is 12.8. The van der Waals surface area contributed by atoms with E-state index in [1.54, 1.807) is 84.6 Å². The molecule has 1 aliphatic heterocycles. The Hall–Kier alpha value is -4.89. The monoisotopic (exact) mass is 551 g/mol. The third kappa shape index (κ3) is 6.22. The number of hydrogen-bond acceptors (Lipinski definition) is 6. The van der Waals surface area contributed by atoms with Gasteiger partial charge in [0.1, 0.15) is 11.5 Å². The van der Waals surface area contributed by atoms with Crippen LogP contribution in [0.4, 0.5) is 5.69 Å². The molecule has 1 aromatic heterocycles. The summed E-state index contributed by atoms with van der Waals surface area (Å²) in [5, 5.41) is 5.51. The van der Waals surface area contributed by atoms with Gasteiger partial charge in [0.15, 0.2) is 0 Å². The first-order chi connectivity index (χ1) is 19.5. The van der Waals surface area contributed by atoms with E-state index in [9.17, 15) is 19.2 Å². The highest BCUT2D eigenvalue weighted by atomic mass is 32.2. The van der Waals surface area contributed by atoms with E-state index in [4.69, 9.17) is 4.42 Å². The van der Waals surface area contributed by atoms with Crippen molar-refractivity contribution in [2.75, 3.05) is 17.6 Å². The zero-order valence-electron chi connectivity index (χ0n) is 21.3. The molecule has 40 heavy (non-hydrogen) atoms. The summed E-state index contributed by atoms with van der Waals surface area (Å²) < 4.78 is 5.34. The van der Waals surface area contributed by atoms with Gasteiger partial charge >= 0.3 is 0 Å². The minimum Gasteiger partial charge on any atom is -0.465 e. The van der Waals surface area contributed by atoms with E-state index in [2.05, 4.69) is 10.6 Å². The van der Waals surface area contributed by atoms with Gasteiger partial charge in [-0.2, -0.15) is 0 Å². The van der Waals surface area contributed by atoms with E-state index >= 15 is 0 Å². The first-order valence-electron chi connectivity index (χ1n) is 12.6. The Kier molecular flexibility index (Phi) is 8.22. The van der Waals surface area contributed by atoms with Crippen molar-refractivity contribution in [3.63, 3.8) is 0 Å². The number of amides is 4. The van der Waals surface area contributed by atoms with Gasteiger partial charge in [-0.3, -0.25) is 24.1 Å². The van der Waals surface area contributed by atoms with Crippen LogP contribution in [0.25, 0.3) is 6.08 Å². The molecule has 0 saturated heterocycles. The molecule has 0 bridgehead atoms. The molecule has 8 nitrogen and oxygen atoms in total. The van der Waals surface area contributed by atoms with Gasteiger partial charge in [-0.15, -0.1) is 11.8 Å². The molecule has 3 aromatic carbocycles. The third-order valence-corrected chi connectivity index (χ3v) is 7.20. The zero-order chi connectivity index (χ0) is 27.9. The van der Waals surface area contributed by atoms with Gasteiger partial charge in [-0.25, -0.2) is 0 Å². The van der Waals surface area contributed by atoms with Crippen molar-refractivity contribution < 1.29 is 23.6 Å². The lowest BCUT2D eigenvalue weighted by atomic mass is 10.1. The molecule has 0 saturated carbocycles. The first kappa shape index (κ1) is 26.7. The van der Waals surface area contributed by atoms with Gasteiger partial charge in [0, 0.05) is 28.8 Å². The van der Waals surface area contributed by atoms with E-state index in [1.165, 1.54) is 17.2 Å². The highest BCUT2D eigenvalue weighted by Gasteiger charge is 2.34. The molecule has 0 fully saturated rings. The maximum absolute atomic E-state index is 13.2. The van der Waals surface area contributed by atoms with E-state index in [1.807, 2.05) is 18.2 Å². The molecule has 4 aromatic rings. The predicted molar refractivity (Wildman–Crippen MR) is 153 cm³/mol. The van der Waals surface area contributed by atoms with Gasteiger partial charge in [0.05, 0.1) is 17.4 Å². The average Bonchev–Trinajstić information content (AvgIpc) is 3.58. The van der Waals surface area contributed by atoms with Crippen LogP contribution in [-0.2, 0) is 4.79 Å². The van der Waals surface area contributed by atoms with E-state index in [0.717, 1.165) is 4.90 Å². The van der Waals surface area contributed by atoms with Crippen LogP contribution in [0.5, 0.6) is 0 Å². The van der Waals surface area contributed by atoms with Gasteiger partial charge in [-0.1, -0.05) is 36.4 Å². The van der Waals surface area contributed by atoms with Crippen molar-refractivity contribution in [2.24, 2.45) is 0 Å². The molecule has 0 spiro atoms. The maximum atomic E-state index is 13.2. The summed E-state index contributed by atoms with van der Waals surface area (Å²) in [6.07, 6.45) is 3.57. The van der Waals surface area contributed by atoms with E-state index in [-0.39, 0.29) is 17.5 Å². The van der Waals surface area contributed by atoms with Crippen molar-refractivity contribution in [2.45, 2.75) is 11.3 Å². The highest BCUT2D eigenvalue weighted by molar-refractivity contribution is 7.99. The smallest absolute Gasteiger partial charge is 0.272 e. The number of thioether (sulfide) groups is 1. The lowest BCUT2D eigenvalue weighted by Gasteiger charge is -2.14. The van der Waals surface area contributed by atoms with Crippen molar-refractivity contribution in [3.8, 4) is 0 Å². The molecule has 0 radical (unpaired) electrons. The van der Waals surface area contributed by atoms with Gasteiger partial charge in [-0.05, 0) is 66.8 Å². The number of benzene rings is 3. The van der Waals surface area contributed by atoms with Gasteiger partial charge in [0.25, 0.3) is 23.6 Å². The number of hydrogen-bond donors (Lipinski definition) is 2. The quantitative estimate of drug-likeness (QED) is 0.117. The van der Waals surface area contributed by atoms with E-state index < -0.39 is 11.8 Å². The molecule has 9 heteroatoms. The topological polar surface area (TPSA) is 109 Å². The molecule has 0 aliphatic carbocycles. The lowest BCUT2D eigenvalue weighted by Crippen LogP contribution is -2.31. The number of rotatable bonds is 10. The largest absolute Gasteiger partial charge is 0.465 e. The first-order valence-corrected chi connectivity index (χ1v) is 13.6. The van der Waals surface area contributed by atoms with Crippen LogP contribution in [0.1, 0.15) is 43.3 Å². The maximum Gasteiger partial charge on any atom is 0.272 e. The fourth-order valence-electron chi connectivity index (χ4n) is 4.18. The number of imide groups is 1. The molecule has 2 N–H and O–H groups in total. The average molecular weight is 552 g/mol. The van der Waals surface area contributed by atoms with Crippen LogP contribution in [0, 0.1) is 0 Å². The summed E-state index contributed by atoms with van der Waals surface area (Å²) in [6, 6.07) is 26.2. The Morgan fingerprint density at radius 1 is 0.850 bits per heavy atom. The third-order valence-electron chi connectivity index (χ3n) is 6.12. The number of carbonyl (C=O) groups excluding carboxylic acids is 4. The number of nitrogens with zero attached hydrogens (tertiary/aromatic N) is 1. The van der Waals surface area contributed by atoms with Crippen LogP contribution in [0.15, 0.2) is 112 Å². The molecule has 200 valence electrons. The summed E-state index contributed by atoms with van der Waals surface area (Å²) in [4.78, 5) is 53.2. The minimum atomic E-state index is -0.506.